The number of carbonyl (C=O) groups is 1. The first-order valence-electron chi connectivity index (χ1n) is 9.54. The van der Waals surface area contributed by atoms with Crippen molar-refractivity contribution in [3.8, 4) is 11.4 Å². The standard InChI is InChI=1S/C19H18ClFN6O4S/c20-16-6-5-15(11-17(16)32(29,30)26-7-9-31-10-8-26)22-18(28)12-27-24-19(23-25-27)13-1-3-14(21)4-2-13/h1-6,11H,7-10,12H2,(H,22,28). The Morgan fingerprint density at radius 3 is 2.59 bits per heavy atom. The molecule has 1 aliphatic heterocycles. The Hall–Kier alpha value is -2.93. The minimum atomic E-state index is -3.84. The van der Waals surface area contributed by atoms with Crippen LogP contribution in [0.3, 0.4) is 0 Å². The number of carbonyl (C=O) groups excluding carboxylic acids is 1. The number of morpholine rings is 1. The molecule has 1 N–H and O–H groups in total. The first-order valence-corrected chi connectivity index (χ1v) is 11.4. The van der Waals surface area contributed by atoms with Crippen LogP contribution in [0.25, 0.3) is 11.4 Å². The van der Waals surface area contributed by atoms with Crippen molar-refractivity contribution in [3.05, 3.63) is 53.3 Å². The molecule has 0 saturated carbocycles. The molecule has 168 valence electrons. The van der Waals surface area contributed by atoms with Crippen LogP contribution >= 0.6 is 11.6 Å². The summed E-state index contributed by atoms with van der Waals surface area (Å²) >= 11 is 6.13. The number of aromatic nitrogens is 4. The molecule has 0 aliphatic carbocycles. The zero-order valence-corrected chi connectivity index (χ0v) is 18.2. The number of nitrogens with zero attached hydrogens (tertiary/aromatic N) is 5. The van der Waals surface area contributed by atoms with Gasteiger partial charge in [-0.25, -0.2) is 12.8 Å². The van der Waals surface area contributed by atoms with Crippen molar-refractivity contribution >= 4 is 33.2 Å². The van der Waals surface area contributed by atoms with Gasteiger partial charge in [0.15, 0.2) is 0 Å². The molecule has 4 rings (SSSR count). The van der Waals surface area contributed by atoms with Gasteiger partial charge in [0, 0.05) is 24.3 Å². The lowest BCUT2D eigenvalue weighted by Gasteiger charge is -2.26. The summed E-state index contributed by atoms with van der Waals surface area (Å²) in [5.41, 5.74) is 0.804. The van der Waals surface area contributed by atoms with E-state index in [-0.39, 0.29) is 41.1 Å². The number of anilines is 1. The number of tetrazole rings is 1. The van der Waals surface area contributed by atoms with E-state index in [0.717, 1.165) is 4.80 Å². The van der Waals surface area contributed by atoms with Gasteiger partial charge in [0.1, 0.15) is 17.3 Å². The second kappa shape index (κ2) is 9.28. The summed E-state index contributed by atoms with van der Waals surface area (Å²) in [6, 6.07) is 9.76. The maximum Gasteiger partial charge on any atom is 0.248 e. The van der Waals surface area contributed by atoms with Crippen LogP contribution in [0.5, 0.6) is 0 Å². The molecule has 0 unspecified atom stereocenters. The number of amides is 1. The smallest absolute Gasteiger partial charge is 0.248 e. The minimum Gasteiger partial charge on any atom is -0.379 e. The largest absolute Gasteiger partial charge is 0.379 e. The molecular formula is C19H18ClFN6O4S. The van der Waals surface area contributed by atoms with E-state index in [1.165, 1.54) is 46.8 Å². The Balaban J connectivity index is 1.46. The van der Waals surface area contributed by atoms with Crippen molar-refractivity contribution in [2.24, 2.45) is 0 Å². The number of nitrogens with one attached hydrogen (secondary N) is 1. The molecule has 1 aliphatic rings. The van der Waals surface area contributed by atoms with E-state index in [4.69, 9.17) is 16.3 Å². The summed E-state index contributed by atoms with van der Waals surface area (Å²) in [5, 5.41) is 14.4. The van der Waals surface area contributed by atoms with Crippen molar-refractivity contribution in [2.45, 2.75) is 11.4 Å². The minimum absolute atomic E-state index is 0.0522. The van der Waals surface area contributed by atoms with Gasteiger partial charge in [0.05, 0.1) is 18.2 Å². The zero-order chi connectivity index (χ0) is 22.7. The topological polar surface area (TPSA) is 119 Å². The van der Waals surface area contributed by atoms with Crippen molar-refractivity contribution < 1.29 is 22.3 Å². The number of halogens is 2. The molecule has 0 radical (unpaired) electrons. The van der Waals surface area contributed by atoms with Crippen molar-refractivity contribution in [1.29, 1.82) is 0 Å². The average Bonchev–Trinajstić information content (AvgIpc) is 3.24. The highest BCUT2D eigenvalue weighted by Crippen LogP contribution is 2.28. The fourth-order valence-corrected chi connectivity index (χ4v) is 4.97. The van der Waals surface area contributed by atoms with Crippen LogP contribution in [0.4, 0.5) is 10.1 Å². The number of benzene rings is 2. The van der Waals surface area contributed by atoms with Gasteiger partial charge in [-0.2, -0.15) is 9.10 Å². The Morgan fingerprint density at radius 1 is 1.16 bits per heavy atom. The summed E-state index contributed by atoms with van der Waals surface area (Å²) in [4.78, 5) is 13.4. The molecule has 0 bridgehead atoms. The molecule has 0 atom stereocenters. The van der Waals surface area contributed by atoms with Crippen LogP contribution in [-0.2, 0) is 26.1 Å². The highest BCUT2D eigenvalue weighted by Gasteiger charge is 2.28. The van der Waals surface area contributed by atoms with Crippen molar-refractivity contribution in [1.82, 2.24) is 24.5 Å². The zero-order valence-electron chi connectivity index (χ0n) is 16.6. The summed E-state index contributed by atoms with van der Waals surface area (Å²) in [7, 11) is -3.84. The van der Waals surface area contributed by atoms with Gasteiger partial charge in [-0.3, -0.25) is 4.79 Å². The molecule has 3 aromatic rings. The number of hydrogen-bond donors (Lipinski definition) is 1. The van der Waals surface area contributed by atoms with E-state index < -0.39 is 21.7 Å². The summed E-state index contributed by atoms with van der Waals surface area (Å²) in [5.74, 6) is -0.647. The molecule has 0 spiro atoms. The third-order valence-corrected chi connectivity index (χ3v) is 7.02. The lowest BCUT2D eigenvalue weighted by Crippen LogP contribution is -2.40. The molecule has 1 saturated heterocycles. The van der Waals surface area contributed by atoms with Gasteiger partial charge in [-0.15, -0.1) is 10.2 Å². The van der Waals surface area contributed by atoms with Crippen molar-refractivity contribution in [2.75, 3.05) is 31.6 Å². The maximum absolute atomic E-state index is 13.1. The lowest BCUT2D eigenvalue weighted by atomic mass is 10.2. The quantitative estimate of drug-likeness (QED) is 0.571. The van der Waals surface area contributed by atoms with Gasteiger partial charge in [-0.1, -0.05) is 11.6 Å². The Morgan fingerprint density at radius 2 is 1.88 bits per heavy atom. The molecule has 2 aromatic carbocycles. The number of sulfonamides is 1. The lowest BCUT2D eigenvalue weighted by molar-refractivity contribution is -0.117. The monoisotopic (exact) mass is 480 g/mol. The van der Waals surface area contributed by atoms with Crippen LogP contribution in [0, 0.1) is 5.82 Å². The summed E-state index contributed by atoms with van der Waals surface area (Å²) in [6.07, 6.45) is 0. The first-order chi connectivity index (χ1) is 15.3. The second-order valence-corrected chi connectivity index (χ2v) is 9.17. The molecular weight excluding hydrogens is 463 g/mol. The van der Waals surface area contributed by atoms with E-state index in [9.17, 15) is 17.6 Å². The highest BCUT2D eigenvalue weighted by molar-refractivity contribution is 7.89. The maximum atomic E-state index is 13.1. The van der Waals surface area contributed by atoms with E-state index in [0.29, 0.717) is 18.8 Å². The highest BCUT2D eigenvalue weighted by atomic mass is 35.5. The Labute approximate surface area is 188 Å². The van der Waals surface area contributed by atoms with Gasteiger partial charge in [0.2, 0.25) is 21.8 Å². The van der Waals surface area contributed by atoms with Crippen LogP contribution in [0.1, 0.15) is 0 Å². The SMILES string of the molecule is O=C(Cn1nnc(-c2ccc(F)cc2)n1)Nc1ccc(Cl)c(S(=O)(=O)N2CCOCC2)c1. The molecule has 10 nitrogen and oxygen atoms in total. The Bertz CT molecular complexity index is 1230. The van der Waals surface area contributed by atoms with Crippen LogP contribution in [0.2, 0.25) is 5.02 Å². The molecule has 13 heteroatoms. The van der Waals surface area contributed by atoms with Gasteiger partial charge in [-0.05, 0) is 47.7 Å². The van der Waals surface area contributed by atoms with E-state index in [1.54, 1.807) is 0 Å². The average molecular weight is 481 g/mol. The second-order valence-electron chi connectivity index (χ2n) is 6.86. The van der Waals surface area contributed by atoms with Gasteiger partial charge < -0.3 is 10.1 Å². The summed E-state index contributed by atoms with van der Waals surface area (Å²) in [6.45, 7) is 0.797. The fraction of sp³-hybridized carbons (Fsp3) is 0.263. The number of ether oxygens (including phenoxy) is 1. The van der Waals surface area contributed by atoms with Crippen molar-refractivity contribution in [3.63, 3.8) is 0 Å². The number of rotatable bonds is 6. The molecule has 1 amide bonds. The van der Waals surface area contributed by atoms with E-state index in [2.05, 4.69) is 20.7 Å². The predicted octanol–water partition coefficient (Wildman–Crippen LogP) is 1.79. The van der Waals surface area contributed by atoms with E-state index in [1.807, 2.05) is 0 Å². The normalized spacial score (nSPS) is 14.9. The van der Waals surface area contributed by atoms with Crippen LogP contribution in [-0.4, -0.2) is 65.1 Å². The van der Waals surface area contributed by atoms with Crippen LogP contribution < -0.4 is 5.32 Å². The van der Waals surface area contributed by atoms with E-state index >= 15 is 0 Å². The molecule has 2 heterocycles. The first kappa shape index (κ1) is 22.3. The third kappa shape index (κ3) is 4.93. The van der Waals surface area contributed by atoms with Gasteiger partial charge in [0.25, 0.3) is 0 Å². The number of hydrogen-bond acceptors (Lipinski definition) is 7. The molecule has 1 fully saturated rings. The molecule has 1 aromatic heterocycles. The van der Waals surface area contributed by atoms with Crippen LogP contribution in [0.15, 0.2) is 47.4 Å². The third-order valence-electron chi connectivity index (χ3n) is 4.64. The fourth-order valence-electron chi connectivity index (χ4n) is 3.06. The predicted molar refractivity (Wildman–Crippen MR) is 113 cm³/mol. The summed E-state index contributed by atoms with van der Waals surface area (Å²) < 4.78 is 45.4. The Kier molecular flexibility index (Phi) is 6.46. The molecule has 32 heavy (non-hydrogen) atoms. The van der Waals surface area contributed by atoms with Gasteiger partial charge >= 0.3 is 0 Å².